The molecule has 3 atom stereocenters. The van der Waals surface area contributed by atoms with E-state index >= 15 is 0 Å². The lowest BCUT2D eigenvalue weighted by molar-refractivity contribution is -0.133. The Morgan fingerprint density at radius 1 is 0.919 bits per heavy atom. The molecule has 0 radical (unpaired) electrons. The van der Waals surface area contributed by atoms with Crippen LogP contribution in [0.5, 0.6) is 0 Å². The van der Waals surface area contributed by atoms with Gasteiger partial charge in [-0.05, 0) is 49.1 Å². The molecular formula is C27H24BrN3O4S2. The van der Waals surface area contributed by atoms with Gasteiger partial charge in [-0.15, -0.1) is 0 Å². The van der Waals surface area contributed by atoms with Crippen LogP contribution in [0.25, 0.3) is 0 Å². The van der Waals surface area contributed by atoms with Crippen LogP contribution in [0.15, 0.2) is 68.9 Å². The maximum Gasteiger partial charge on any atom is 0.308 e. The van der Waals surface area contributed by atoms with Gasteiger partial charge in [0.1, 0.15) is 11.8 Å². The number of thiazole rings is 1. The Morgan fingerprint density at radius 2 is 1.62 bits per heavy atom. The summed E-state index contributed by atoms with van der Waals surface area (Å²) in [5.41, 5.74) is 1.41. The molecule has 1 aromatic heterocycles. The van der Waals surface area contributed by atoms with Crippen molar-refractivity contribution in [1.82, 2.24) is 9.47 Å². The van der Waals surface area contributed by atoms with E-state index in [9.17, 15) is 19.2 Å². The van der Waals surface area contributed by atoms with E-state index in [0.717, 1.165) is 45.5 Å². The number of likely N-dealkylation sites (tertiary alicyclic amines) is 1. The number of halogens is 1. The van der Waals surface area contributed by atoms with Gasteiger partial charge in [-0.1, -0.05) is 69.4 Å². The summed E-state index contributed by atoms with van der Waals surface area (Å²) in [5, 5.41) is -0.0477. The lowest BCUT2D eigenvalue weighted by atomic mass is 9.83. The second kappa shape index (κ2) is 9.89. The van der Waals surface area contributed by atoms with Crippen molar-refractivity contribution < 1.29 is 14.4 Å². The molecule has 3 aromatic rings. The predicted octanol–water partition coefficient (Wildman–Crippen LogP) is 4.48. The van der Waals surface area contributed by atoms with E-state index < -0.39 is 17.1 Å². The average molecular weight is 599 g/mol. The molecule has 3 amide bonds. The zero-order valence-corrected chi connectivity index (χ0v) is 23.1. The third-order valence-corrected chi connectivity index (χ3v) is 10.4. The highest BCUT2D eigenvalue weighted by atomic mass is 79.9. The minimum Gasteiger partial charge on any atom is -0.341 e. The van der Waals surface area contributed by atoms with Crippen LogP contribution in [0.2, 0.25) is 0 Å². The monoisotopic (exact) mass is 597 g/mol. The molecule has 10 heteroatoms. The first kappa shape index (κ1) is 24.6. The summed E-state index contributed by atoms with van der Waals surface area (Å²) in [7, 11) is 0. The van der Waals surface area contributed by atoms with Crippen LogP contribution < -0.4 is 9.77 Å². The fourth-order valence-electron chi connectivity index (χ4n) is 5.50. The van der Waals surface area contributed by atoms with Crippen LogP contribution in [0.4, 0.5) is 5.69 Å². The first-order valence-electron chi connectivity index (χ1n) is 12.3. The summed E-state index contributed by atoms with van der Waals surface area (Å²) < 4.78 is 2.38. The number of fused-ring (bicyclic) bond motifs is 2. The molecule has 0 bridgehead atoms. The predicted molar refractivity (Wildman–Crippen MR) is 147 cm³/mol. The Labute approximate surface area is 230 Å². The normalized spacial score (nSPS) is 23.2. The van der Waals surface area contributed by atoms with E-state index in [-0.39, 0.29) is 29.1 Å². The van der Waals surface area contributed by atoms with Gasteiger partial charge in [0, 0.05) is 28.4 Å². The number of piperidine rings is 1. The summed E-state index contributed by atoms with van der Waals surface area (Å²) in [6.45, 7) is 1.37. The lowest BCUT2D eigenvalue weighted by Crippen LogP contribution is -2.39. The van der Waals surface area contributed by atoms with Gasteiger partial charge in [-0.3, -0.25) is 23.7 Å². The maximum atomic E-state index is 13.8. The van der Waals surface area contributed by atoms with Crippen molar-refractivity contribution in [3.8, 4) is 0 Å². The number of benzene rings is 2. The Balaban J connectivity index is 1.42. The Kier molecular flexibility index (Phi) is 6.58. The summed E-state index contributed by atoms with van der Waals surface area (Å²) in [5.74, 6) is -1.71. The summed E-state index contributed by atoms with van der Waals surface area (Å²) >= 11 is 5.75. The van der Waals surface area contributed by atoms with Crippen molar-refractivity contribution in [3.05, 3.63) is 79.2 Å². The molecule has 3 aliphatic heterocycles. The van der Waals surface area contributed by atoms with Crippen molar-refractivity contribution in [3.63, 3.8) is 0 Å². The van der Waals surface area contributed by atoms with E-state index in [0.29, 0.717) is 23.8 Å². The Bertz CT molecular complexity index is 1430. The number of carbonyl (C=O) groups excluding carboxylic acids is 3. The highest BCUT2D eigenvalue weighted by molar-refractivity contribution is 9.10. The Morgan fingerprint density at radius 3 is 2.32 bits per heavy atom. The van der Waals surface area contributed by atoms with Gasteiger partial charge in [0.15, 0.2) is 0 Å². The fourth-order valence-corrected chi connectivity index (χ4v) is 8.54. The number of rotatable bonds is 4. The molecule has 2 saturated heterocycles. The van der Waals surface area contributed by atoms with Crippen molar-refractivity contribution in [2.45, 2.75) is 42.0 Å². The van der Waals surface area contributed by atoms with Crippen molar-refractivity contribution in [2.24, 2.45) is 5.92 Å². The van der Waals surface area contributed by atoms with Crippen molar-refractivity contribution in [1.29, 1.82) is 0 Å². The maximum absolute atomic E-state index is 13.8. The zero-order valence-electron chi connectivity index (χ0n) is 19.8. The van der Waals surface area contributed by atoms with Gasteiger partial charge in [0.25, 0.3) is 0 Å². The smallest absolute Gasteiger partial charge is 0.308 e. The number of aromatic nitrogens is 1. The standard InChI is InChI=1S/C27H24BrN3O4S2/c28-17-9-11-18(12-10-17)31-24(33)21-20(16-7-3-1-4-8-16)23-26(36-22(21)25(31)34)30(27(35)37-23)15-19(32)29-13-5-2-6-14-29/h1,3-4,7-12,20-22H,2,5-6,13-15H2/t20-,21-,22+/m0/s1. The van der Waals surface area contributed by atoms with E-state index in [1.54, 1.807) is 24.3 Å². The molecule has 2 aromatic carbocycles. The molecule has 7 nitrogen and oxygen atoms in total. The number of hydrogen-bond donors (Lipinski definition) is 0. The van der Waals surface area contributed by atoms with Gasteiger partial charge in [-0.25, -0.2) is 4.90 Å². The number of nitrogens with zero attached hydrogens (tertiary/aromatic N) is 3. The van der Waals surface area contributed by atoms with Crippen LogP contribution in [0.1, 0.15) is 35.6 Å². The quantitative estimate of drug-likeness (QED) is 0.414. The van der Waals surface area contributed by atoms with Gasteiger partial charge in [0.2, 0.25) is 17.7 Å². The number of thioether (sulfide) groups is 1. The third kappa shape index (κ3) is 4.28. The van der Waals surface area contributed by atoms with Gasteiger partial charge < -0.3 is 4.90 Å². The van der Waals surface area contributed by atoms with E-state index in [1.807, 2.05) is 35.2 Å². The minimum atomic E-state index is -0.681. The summed E-state index contributed by atoms with van der Waals surface area (Å²) in [6.07, 6.45) is 3.05. The number of carbonyl (C=O) groups is 3. The number of anilines is 1. The summed E-state index contributed by atoms with van der Waals surface area (Å²) in [6, 6.07) is 16.7. The molecular weight excluding hydrogens is 574 g/mol. The molecule has 37 heavy (non-hydrogen) atoms. The van der Waals surface area contributed by atoms with E-state index in [1.165, 1.54) is 21.2 Å². The summed E-state index contributed by atoms with van der Waals surface area (Å²) in [4.78, 5) is 57.5. The number of imide groups is 1. The topological polar surface area (TPSA) is 79.7 Å². The van der Waals surface area contributed by atoms with Crippen LogP contribution >= 0.6 is 39.0 Å². The highest BCUT2D eigenvalue weighted by Gasteiger charge is 2.56. The first-order chi connectivity index (χ1) is 17.9. The second-order valence-electron chi connectivity index (χ2n) is 9.51. The minimum absolute atomic E-state index is 0.0465. The number of hydrogen-bond acceptors (Lipinski definition) is 6. The molecule has 6 rings (SSSR count). The second-order valence-corrected chi connectivity index (χ2v) is 12.5. The van der Waals surface area contributed by atoms with Gasteiger partial charge in [-0.2, -0.15) is 0 Å². The molecule has 0 unspecified atom stereocenters. The molecule has 0 aliphatic carbocycles. The molecule has 190 valence electrons. The molecule has 0 saturated carbocycles. The first-order valence-corrected chi connectivity index (χ1v) is 14.8. The molecule has 4 heterocycles. The van der Waals surface area contributed by atoms with E-state index in [4.69, 9.17) is 0 Å². The van der Waals surface area contributed by atoms with Crippen LogP contribution in [0.3, 0.4) is 0 Å². The molecule has 2 fully saturated rings. The van der Waals surface area contributed by atoms with Crippen molar-refractivity contribution >= 4 is 62.4 Å². The molecule has 0 N–H and O–H groups in total. The fraction of sp³-hybridized carbons (Fsp3) is 0.333. The lowest BCUT2D eigenvalue weighted by Gasteiger charge is -2.31. The third-order valence-electron chi connectivity index (χ3n) is 7.29. The SMILES string of the molecule is O=C(Cn1c2c(sc1=O)[C@@H](c1ccccc1)[C@@H]1C(=O)N(c3ccc(Br)cc3)C(=O)[C@@H]1S2)N1CCCCC1. The Hall–Kier alpha value is -2.69. The van der Waals surface area contributed by atoms with Crippen molar-refractivity contribution in [2.75, 3.05) is 18.0 Å². The van der Waals surface area contributed by atoms with Crippen LogP contribution in [-0.2, 0) is 20.9 Å². The zero-order chi connectivity index (χ0) is 25.7. The molecule has 0 spiro atoms. The number of amides is 3. The van der Waals surface area contributed by atoms with Crippen LogP contribution in [-0.4, -0.2) is 45.5 Å². The van der Waals surface area contributed by atoms with Gasteiger partial charge in [0.05, 0.1) is 16.6 Å². The van der Waals surface area contributed by atoms with Gasteiger partial charge >= 0.3 is 4.87 Å². The molecule has 3 aliphatic rings. The van der Waals surface area contributed by atoms with Crippen LogP contribution in [0, 0.1) is 5.92 Å². The average Bonchev–Trinajstić information content (AvgIpc) is 3.36. The van der Waals surface area contributed by atoms with E-state index in [2.05, 4.69) is 15.9 Å². The largest absolute Gasteiger partial charge is 0.341 e. The highest BCUT2D eigenvalue weighted by Crippen LogP contribution is 2.53.